The lowest BCUT2D eigenvalue weighted by Crippen LogP contribution is -2.07. The molecule has 0 N–H and O–H groups in total. The Labute approximate surface area is 141 Å². The fourth-order valence-electron chi connectivity index (χ4n) is 1.86. The zero-order valence-electron chi connectivity index (χ0n) is 11.5. The van der Waals surface area contributed by atoms with E-state index in [9.17, 15) is 4.79 Å². The molecule has 6 heteroatoms. The summed E-state index contributed by atoms with van der Waals surface area (Å²) in [5, 5.41) is 7.38. The summed E-state index contributed by atoms with van der Waals surface area (Å²) < 4.78 is 5.26. The van der Waals surface area contributed by atoms with Crippen molar-refractivity contribution in [2.24, 2.45) is 0 Å². The first-order valence-corrected chi connectivity index (χ1v) is 8.78. The van der Waals surface area contributed by atoms with Crippen LogP contribution in [0.15, 0.2) is 46.5 Å². The Morgan fingerprint density at radius 1 is 1.18 bits per heavy atom. The maximum atomic E-state index is 11.7. The van der Waals surface area contributed by atoms with Crippen LogP contribution in [0.3, 0.4) is 0 Å². The van der Waals surface area contributed by atoms with Gasteiger partial charge in [-0.25, -0.2) is 4.98 Å². The number of esters is 1. The van der Waals surface area contributed by atoms with Gasteiger partial charge in [-0.3, -0.25) is 4.79 Å². The molecule has 0 fully saturated rings. The van der Waals surface area contributed by atoms with Crippen LogP contribution in [0, 0.1) is 0 Å². The van der Waals surface area contributed by atoms with Crippen LogP contribution in [0.5, 0.6) is 0 Å². The van der Waals surface area contributed by atoms with Gasteiger partial charge in [0.25, 0.3) is 0 Å². The quantitative estimate of drug-likeness (QED) is 0.620. The zero-order chi connectivity index (χ0) is 15.4. The Morgan fingerprint density at radius 2 is 2.00 bits per heavy atom. The van der Waals surface area contributed by atoms with Gasteiger partial charge >= 0.3 is 5.97 Å². The Bertz CT molecular complexity index is 751. The van der Waals surface area contributed by atoms with E-state index in [1.165, 1.54) is 11.3 Å². The molecule has 0 amide bonds. The van der Waals surface area contributed by atoms with Crippen molar-refractivity contribution < 1.29 is 9.53 Å². The molecule has 22 heavy (non-hydrogen) atoms. The standard InChI is InChI=1S/C16H12ClNO2S2/c17-13-3-1-12(2-4-13)16-18-14(10-22-16)8-20-15(19)7-11-5-6-21-9-11/h1-6,9-10H,7-8H2. The third-order valence-corrected chi connectivity index (χ3v) is 4.88. The number of thiophene rings is 1. The van der Waals surface area contributed by atoms with Crippen molar-refractivity contribution >= 4 is 40.2 Å². The molecule has 0 unspecified atom stereocenters. The number of thiazole rings is 1. The summed E-state index contributed by atoms with van der Waals surface area (Å²) in [6, 6.07) is 9.44. The van der Waals surface area contributed by atoms with Crippen LogP contribution in [0.1, 0.15) is 11.3 Å². The Kier molecular flexibility index (Phi) is 4.87. The van der Waals surface area contributed by atoms with Crippen LogP contribution in [-0.4, -0.2) is 11.0 Å². The Morgan fingerprint density at radius 3 is 2.73 bits per heavy atom. The van der Waals surface area contributed by atoms with E-state index in [0.717, 1.165) is 21.8 Å². The highest BCUT2D eigenvalue weighted by Crippen LogP contribution is 2.25. The summed E-state index contributed by atoms with van der Waals surface area (Å²) in [7, 11) is 0. The highest BCUT2D eigenvalue weighted by Gasteiger charge is 2.09. The molecule has 0 radical (unpaired) electrons. The van der Waals surface area contributed by atoms with Crippen LogP contribution < -0.4 is 0 Å². The molecule has 0 saturated carbocycles. The molecular formula is C16H12ClNO2S2. The van der Waals surface area contributed by atoms with Crippen LogP contribution >= 0.6 is 34.3 Å². The van der Waals surface area contributed by atoms with Crippen molar-refractivity contribution in [3.8, 4) is 10.6 Å². The molecule has 0 bridgehead atoms. The second-order valence-corrected chi connectivity index (χ2v) is 6.69. The first kappa shape index (κ1) is 15.2. The maximum absolute atomic E-state index is 11.7. The molecular weight excluding hydrogens is 338 g/mol. The van der Waals surface area contributed by atoms with Gasteiger partial charge in [-0.05, 0) is 34.5 Å². The Balaban J connectivity index is 1.57. The van der Waals surface area contributed by atoms with Gasteiger partial charge in [0, 0.05) is 16.0 Å². The molecule has 112 valence electrons. The molecule has 3 aromatic rings. The smallest absolute Gasteiger partial charge is 0.310 e. The number of carbonyl (C=O) groups is 1. The summed E-state index contributed by atoms with van der Waals surface area (Å²) in [6.07, 6.45) is 0.303. The average molecular weight is 350 g/mol. The minimum atomic E-state index is -0.237. The third-order valence-electron chi connectivity index (χ3n) is 2.95. The first-order valence-electron chi connectivity index (χ1n) is 6.58. The van der Waals surface area contributed by atoms with E-state index < -0.39 is 0 Å². The van der Waals surface area contributed by atoms with Crippen molar-refractivity contribution in [3.63, 3.8) is 0 Å². The summed E-state index contributed by atoms with van der Waals surface area (Å²) in [6.45, 7) is 0.201. The lowest BCUT2D eigenvalue weighted by Gasteiger charge is -2.01. The van der Waals surface area contributed by atoms with Gasteiger partial charge in [-0.2, -0.15) is 11.3 Å². The first-order chi connectivity index (χ1) is 10.7. The van der Waals surface area contributed by atoms with E-state index in [4.69, 9.17) is 16.3 Å². The number of ether oxygens (including phenoxy) is 1. The minimum absolute atomic E-state index is 0.201. The van der Waals surface area contributed by atoms with E-state index in [-0.39, 0.29) is 12.6 Å². The van der Waals surface area contributed by atoms with Crippen molar-refractivity contribution in [2.45, 2.75) is 13.0 Å². The average Bonchev–Trinajstić information content (AvgIpc) is 3.17. The van der Waals surface area contributed by atoms with Gasteiger partial charge in [0.2, 0.25) is 0 Å². The van der Waals surface area contributed by atoms with E-state index in [0.29, 0.717) is 11.4 Å². The van der Waals surface area contributed by atoms with Crippen molar-refractivity contribution in [1.29, 1.82) is 0 Å². The monoisotopic (exact) mass is 349 g/mol. The van der Waals surface area contributed by atoms with E-state index in [2.05, 4.69) is 4.98 Å². The zero-order valence-corrected chi connectivity index (χ0v) is 13.9. The van der Waals surface area contributed by atoms with Crippen molar-refractivity contribution in [2.75, 3.05) is 0 Å². The molecule has 3 nitrogen and oxygen atoms in total. The number of benzene rings is 1. The molecule has 0 atom stereocenters. The fraction of sp³-hybridized carbons (Fsp3) is 0.125. The third kappa shape index (κ3) is 3.94. The molecule has 2 aromatic heterocycles. The number of halogens is 1. The van der Waals surface area contributed by atoms with Crippen LogP contribution in [0.4, 0.5) is 0 Å². The lowest BCUT2D eigenvalue weighted by atomic mass is 10.2. The number of hydrogen-bond acceptors (Lipinski definition) is 5. The molecule has 0 aliphatic heterocycles. The molecule has 0 aliphatic carbocycles. The molecule has 0 saturated heterocycles. The lowest BCUT2D eigenvalue weighted by molar-refractivity contribution is -0.144. The number of carbonyl (C=O) groups excluding carboxylic acids is 1. The van der Waals surface area contributed by atoms with Crippen LogP contribution in [0.2, 0.25) is 5.02 Å². The summed E-state index contributed by atoms with van der Waals surface area (Å²) in [4.78, 5) is 16.2. The molecule has 3 rings (SSSR count). The van der Waals surface area contributed by atoms with Gasteiger partial charge in [-0.15, -0.1) is 11.3 Å². The number of rotatable bonds is 5. The van der Waals surface area contributed by atoms with Gasteiger partial charge in [0.15, 0.2) is 0 Å². The van der Waals surface area contributed by atoms with E-state index in [1.54, 1.807) is 11.3 Å². The second-order valence-electron chi connectivity index (χ2n) is 4.62. The number of hydrogen-bond donors (Lipinski definition) is 0. The highest BCUT2D eigenvalue weighted by molar-refractivity contribution is 7.13. The largest absolute Gasteiger partial charge is 0.459 e. The second kappa shape index (κ2) is 7.05. The van der Waals surface area contributed by atoms with Crippen molar-refractivity contribution in [1.82, 2.24) is 4.98 Å². The minimum Gasteiger partial charge on any atom is -0.459 e. The summed E-state index contributed by atoms with van der Waals surface area (Å²) in [5.41, 5.74) is 2.74. The molecule has 2 heterocycles. The Hall–Kier alpha value is -1.69. The molecule has 1 aromatic carbocycles. The van der Waals surface area contributed by atoms with Gasteiger partial charge < -0.3 is 4.74 Å². The predicted molar refractivity (Wildman–Crippen MR) is 90.4 cm³/mol. The normalized spacial score (nSPS) is 10.6. The predicted octanol–water partition coefficient (Wildman–Crippen LogP) is 4.81. The summed E-state index contributed by atoms with van der Waals surface area (Å²) >= 11 is 8.97. The fourth-order valence-corrected chi connectivity index (χ4v) is 3.47. The highest BCUT2D eigenvalue weighted by atomic mass is 35.5. The topological polar surface area (TPSA) is 39.2 Å². The van der Waals surface area contributed by atoms with Gasteiger partial charge in [0.1, 0.15) is 11.6 Å². The SMILES string of the molecule is O=C(Cc1ccsc1)OCc1csc(-c2ccc(Cl)cc2)n1. The molecule has 0 spiro atoms. The number of aromatic nitrogens is 1. The van der Waals surface area contributed by atoms with Crippen LogP contribution in [0.25, 0.3) is 10.6 Å². The molecule has 0 aliphatic rings. The van der Waals surface area contributed by atoms with E-state index in [1.807, 2.05) is 46.5 Å². The summed E-state index contributed by atoms with van der Waals surface area (Å²) in [5.74, 6) is -0.237. The van der Waals surface area contributed by atoms with Gasteiger partial charge in [-0.1, -0.05) is 23.7 Å². The van der Waals surface area contributed by atoms with Crippen LogP contribution in [-0.2, 0) is 22.6 Å². The van der Waals surface area contributed by atoms with Gasteiger partial charge in [0.05, 0.1) is 12.1 Å². The maximum Gasteiger partial charge on any atom is 0.310 e. The van der Waals surface area contributed by atoms with E-state index >= 15 is 0 Å². The number of nitrogens with zero attached hydrogens (tertiary/aromatic N) is 1. The van der Waals surface area contributed by atoms with Crippen molar-refractivity contribution in [3.05, 3.63) is 62.8 Å².